The van der Waals surface area contributed by atoms with Crippen molar-refractivity contribution >= 4 is 33.5 Å². The number of nitrogens with one attached hydrogen (secondary N) is 2. The first kappa shape index (κ1) is 17.5. The lowest BCUT2D eigenvalue weighted by Crippen LogP contribution is -2.44. The van der Waals surface area contributed by atoms with Crippen LogP contribution in [0.1, 0.15) is 12.8 Å². The van der Waals surface area contributed by atoms with Gasteiger partial charge < -0.3 is 20.3 Å². The van der Waals surface area contributed by atoms with Crippen LogP contribution in [0, 0.1) is 0 Å². The van der Waals surface area contributed by atoms with Gasteiger partial charge in [0, 0.05) is 36.0 Å². The molecule has 132 valence electrons. The number of urea groups is 1. The number of carbonyl (C=O) groups excluding carboxylic acids is 1. The summed E-state index contributed by atoms with van der Waals surface area (Å²) >= 11 is 3.44. The lowest BCUT2D eigenvalue weighted by atomic mass is 10.1. The molecule has 2 N–H and O–H groups in total. The molecule has 2 aromatic rings. The minimum atomic E-state index is -0.0811. The minimum Gasteiger partial charge on any atom is -0.478 e. The molecule has 8 heteroatoms. The number of methoxy groups -OCH3 is 1. The number of likely N-dealkylation sites (tertiary alicyclic amines) is 1. The summed E-state index contributed by atoms with van der Waals surface area (Å²) in [6, 6.07) is 7.74. The Bertz CT molecular complexity index is 734. The van der Waals surface area contributed by atoms with Crippen LogP contribution in [-0.2, 0) is 0 Å². The summed E-state index contributed by atoms with van der Waals surface area (Å²) in [6.07, 6.45) is 4.90. The fourth-order valence-corrected chi connectivity index (χ4v) is 3.13. The number of ether oxygens (including phenoxy) is 1. The molecule has 0 spiro atoms. The lowest BCUT2D eigenvalue weighted by molar-refractivity contribution is 0.197. The number of anilines is 2. The molecule has 1 fully saturated rings. The van der Waals surface area contributed by atoms with Crippen LogP contribution in [0.4, 0.5) is 16.3 Å². The van der Waals surface area contributed by atoms with E-state index < -0.39 is 0 Å². The Labute approximate surface area is 154 Å². The van der Waals surface area contributed by atoms with Crippen molar-refractivity contribution < 1.29 is 9.53 Å². The molecule has 25 heavy (non-hydrogen) atoms. The first-order valence-electron chi connectivity index (χ1n) is 8.09. The fraction of sp³-hybridized carbons (Fsp3) is 0.353. The molecular weight excluding hydrogens is 386 g/mol. The van der Waals surface area contributed by atoms with Crippen molar-refractivity contribution in [2.75, 3.05) is 30.8 Å². The Balaban J connectivity index is 1.53. The van der Waals surface area contributed by atoms with Crippen LogP contribution in [0.3, 0.4) is 0 Å². The first-order valence-corrected chi connectivity index (χ1v) is 8.88. The van der Waals surface area contributed by atoms with Crippen molar-refractivity contribution in [1.29, 1.82) is 0 Å². The molecule has 0 unspecified atom stereocenters. The van der Waals surface area contributed by atoms with Gasteiger partial charge in [-0.3, -0.25) is 0 Å². The number of piperidine rings is 1. The number of aromatic nitrogens is 2. The number of para-hydroxylation sites is 1. The summed E-state index contributed by atoms with van der Waals surface area (Å²) in [4.78, 5) is 22.6. The standard InChI is InChI=1S/C17H20BrN5O2/c1-25-16-15(19-8-9-20-16)21-12-6-10-23(11-7-12)17(24)22-14-5-3-2-4-13(14)18/h2-5,8-9,12H,6-7,10-11H2,1H3,(H,19,21)(H,22,24). The third kappa shape index (κ3) is 4.39. The zero-order valence-electron chi connectivity index (χ0n) is 13.9. The third-order valence-corrected chi connectivity index (χ3v) is 4.79. The second-order valence-corrected chi connectivity index (χ2v) is 6.58. The van der Waals surface area contributed by atoms with Crippen LogP contribution in [0.25, 0.3) is 0 Å². The Hall–Kier alpha value is -2.35. The summed E-state index contributed by atoms with van der Waals surface area (Å²) in [5.41, 5.74) is 0.775. The van der Waals surface area contributed by atoms with Gasteiger partial charge in [0.05, 0.1) is 12.8 Å². The number of amides is 2. The Morgan fingerprint density at radius 3 is 2.68 bits per heavy atom. The second-order valence-electron chi connectivity index (χ2n) is 5.73. The molecule has 1 saturated heterocycles. The van der Waals surface area contributed by atoms with E-state index in [1.165, 1.54) is 0 Å². The predicted octanol–water partition coefficient (Wildman–Crippen LogP) is 3.36. The molecule has 0 saturated carbocycles. The van der Waals surface area contributed by atoms with Crippen molar-refractivity contribution in [3.63, 3.8) is 0 Å². The van der Waals surface area contributed by atoms with E-state index in [4.69, 9.17) is 4.74 Å². The minimum absolute atomic E-state index is 0.0811. The van der Waals surface area contributed by atoms with Gasteiger partial charge in [0.2, 0.25) is 0 Å². The quantitative estimate of drug-likeness (QED) is 0.814. The molecule has 1 aromatic carbocycles. The van der Waals surface area contributed by atoms with Gasteiger partial charge in [-0.25, -0.2) is 14.8 Å². The molecule has 0 radical (unpaired) electrons. The number of halogens is 1. The van der Waals surface area contributed by atoms with E-state index in [2.05, 4.69) is 36.5 Å². The summed E-state index contributed by atoms with van der Waals surface area (Å²) in [7, 11) is 1.57. The van der Waals surface area contributed by atoms with Crippen molar-refractivity contribution in [3.8, 4) is 5.88 Å². The summed E-state index contributed by atoms with van der Waals surface area (Å²) < 4.78 is 6.08. The molecule has 3 rings (SSSR count). The number of benzene rings is 1. The average Bonchev–Trinajstić information content (AvgIpc) is 2.64. The van der Waals surface area contributed by atoms with Crippen molar-refractivity contribution in [2.45, 2.75) is 18.9 Å². The van der Waals surface area contributed by atoms with E-state index in [9.17, 15) is 4.79 Å². The summed E-state index contributed by atoms with van der Waals surface area (Å²) in [6.45, 7) is 1.35. The monoisotopic (exact) mass is 405 g/mol. The Morgan fingerprint density at radius 2 is 1.96 bits per heavy atom. The number of hydrogen-bond donors (Lipinski definition) is 2. The van der Waals surface area contributed by atoms with Crippen LogP contribution in [0.2, 0.25) is 0 Å². The molecule has 0 atom stereocenters. The molecule has 0 aliphatic carbocycles. The largest absolute Gasteiger partial charge is 0.478 e. The molecule has 1 aliphatic heterocycles. The van der Waals surface area contributed by atoms with E-state index in [-0.39, 0.29) is 12.1 Å². The predicted molar refractivity (Wildman–Crippen MR) is 100.0 cm³/mol. The highest BCUT2D eigenvalue weighted by Crippen LogP contribution is 2.24. The molecule has 7 nitrogen and oxygen atoms in total. The maximum atomic E-state index is 12.4. The smallest absolute Gasteiger partial charge is 0.321 e. The van der Waals surface area contributed by atoms with Gasteiger partial charge in [0.15, 0.2) is 5.82 Å². The SMILES string of the molecule is COc1nccnc1NC1CCN(C(=O)Nc2ccccc2Br)CC1. The molecular formula is C17H20BrN5O2. The highest BCUT2D eigenvalue weighted by atomic mass is 79.9. The van der Waals surface area contributed by atoms with Gasteiger partial charge in [0.1, 0.15) is 0 Å². The third-order valence-electron chi connectivity index (χ3n) is 4.10. The zero-order chi connectivity index (χ0) is 17.6. The lowest BCUT2D eigenvalue weighted by Gasteiger charge is -2.32. The number of hydrogen-bond acceptors (Lipinski definition) is 5. The van der Waals surface area contributed by atoms with Gasteiger partial charge in [-0.05, 0) is 40.9 Å². The number of rotatable bonds is 4. The van der Waals surface area contributed by atoms with E-state index >= 15 is 0 Å². The highest BCUT2D eigenvalue weighted by Gasteiger charge is 2.24. The second kappa shape index (κ2) is 8.15. The van der Waals surface area contributed by atoms with E-state index in [0.29, 0.717) is 24.8 Å². The number of carbonyl (C=O) groups is 1. The van der Waals surface area contributed by atoms with Gasteiger partial charge in [-0.2, -0.15) is 0 Å². The zero-order valence-corrected chi connectivity index (χ0v) is 15.5. The normalized spacial score (nSPS) is 14.9. The van der Waals surface area contributed by atoms with Gasteiger partial charge in [-0.15, -0.1) is 0 Å². The molecule has 2 heterocycles. The molecule has 1 aromatic heterocycles. The first-order chi connectivity index (χ1) is 12.2. The average molecular weight is 406 g/mol. The van der Waals surface area contributed by atoms with E-state index in [1.54, 1.807) is 19.5 Å². The van der Waals surface area contributed by atoms with Crippen LogP contribution in [0.5, 0.6) is 5.88 Å². The van der Waals surface area contributed by atoms with Crippen LogP contribution in [-0.4, -0.2) is 47.1 Å². The molecule has 0 bridgehead atoms. The Kier molecular flexibility index (Phi) is 5.70. The Morgan fingerprint density at radius 1 is 1.24 bits per heavy atom. The van der Waals surface area contributed by atoms with Crippen molar-refractivity contribution in [1.82, 2.24) is 14.9 Å². The van der Waals surface area contributed by atoms with E-state index in [1.807, 2.05) is 29.2 Å². The maximum absolute atomic E-state index is 12.4. The van der Waals surface area contributed by atoms with Crippen LogP contribution >= 0.6 is 15.9 Å². The van der Waals surface area contributed by atoms with Gasteiger partial charge in [0.25, 0.3) is 5.88 Å². The maximum Gasteiger partial charge on any atom is 0.321 e. The summed E-state index contributed by atoms with van der Waals surface area (Å²) in [5.74, 6) is 1.12. The molecule has 2 amide bonds. The fourth-order valence-electron chi connectivity index (χ4n) is 2.75. The summed E-state index contributed by atoms with van der Waals surface area (Å²) in [5, 5.41) is 6.29. The highest BCUT2D eigenvalue weighted by molar-refractivity contribution is 9.10. The van der Waals surface area contributed by atoms with E-state index in [0.717, 1.165) is 23.0 Å². The topological polar surface area (TPSA) is 79.4 Å². The van der Waals surface area contributed by atoms with Gasteiger partial charge >= 0.3 is 6.03 Å². The van der Waals surface area contributed by atoms with Crippen molar-refractivity contribution in [2.24, 2.45) is 0 Å². The van der Waals surface area contributed by atoms with Gasteiger partial charge in [-0.1, -0.05) is 12.1 Å². The van der Waals surface area contributed by atoms with Crippen LogP contribution < -0.4 is 15.4 Å². The van der Waals surface area contributed by atoms with Crippen molar-refractivity contribution in [3.05, 3.63) is 41.1 Å². The van der Waals surface area contributed by atoms with Crippen LogP contribution in [0.15, 0.2) is 41.1 Å². The number of nitrogens with zero attached hydrogens (tertiary/aromatic N) is 3. The molecule has 1 aliphatic rings.